The molecule has 1 amide bonds. The molecule has 1 aliphatic rings. The van der Waals surface area contributed by atoms with E-state index in [0.29, 0.717) is 18.7 Å². The lowest BCUT2D eigenvalue weighted by molar-refractivity contribution is 0.00984. The number of ether oxygens (including phenoxy) is 1. The van der Waals surface area contributed by atoms with Crippen molar-refractivity contribution in [3.63, 3.8) is 0 Å². The predicted molar refractivity (Wildman–Crippen MR) is 82.7 cm³/mol. The van der Waals surface area contributed by atoms with Gasteiger partial charge in [-0.2, -0.15) is 0 Å². The summed E-state index contributed by atoms with van der Waals surface area (Å²) in [6.07, 6.45) is 2.26. The van der Waals surface area contributed by atoms with Gasteiger partial charge in [0, 0.05) is 37.8 Å². The second kappa shape index (κ2) is 6.15. The zero-order chi connectivity index (χ0) is 15.5. The number of aromatic amines is 1. The van der Waals surface area contributed by atoms with E-state index in [-0.39, 0.29) is 17.6 Å². The van der Waals surface area contributed by atoms with Crippen LogP contribution in [0.4, 0.5) is 0 Å². The van der Waals surface area contributed by atoms with Crippen molar-refractivity contribution < 1.29 is 9.53 Å². The maximum atomic E-state index is 12.3. The molecule has 2 heterocycles. The third kappa shape index (κ3) is 3.09. The number of nitrogens with one attached hydrogen (secondary N) is 1. The van der Waals surface area contributed by atoms with Crippen LogP contribution in [0, 0.1) is 0 Å². The number of H-pyrrole nitrogens is 1. The summed E-state index contributed by atoms with van der Waals surface area (Å²) in [4.78, 5) is 27.7. The van der Waals surface area contributed by atoms with E-state index in [9.17, 15) is 9.59 Å². The molecule has 22 heavy (non-hydrogen) atoms. The number of carbonyl (C=O) groups is 1. The fourth-order valence-corrected chi connectivity index (χ4v) is 2.71. The van der Waals surface area contributed by atoms with Gasteiger partial charge in [0.25, 0.3) is 5.91 Å². The zero-order valence-electron chi connectivity index (χ0n) is 12.4. The van der Waals surface area contributed by atoms with Crippen LogP contribution in [0.2, 0.25) is 0 Å². The molecule has 0 spiro atoms. The largest absolute Gasteiger partial charge is 0.371 e. The molecule has 1 aromatic heterocycles. The minimum atomic E-state index is -0.276. The third-order valence-electron chi connectivity index (χ3n) is 3.89. The van der Waals surface area contributed by atoms with Crippen molar-refractivity contribution in [2.24, 2.45) is 0 Å². The highest BCUT2D eigenvalue weighted by molar-refractivity contribution is 5.93. The van der Waals surface area contributed by atoms with Gasteiger partial charge in [-0.25, -0.2) is 0 Å². The molecule has 1 unspecified atom stereocenters. The monoisotopic (exact) mass is 298 g/mol. The lowest BCUT2D eigenvalue weighted by atomic mass is 9.99. The van der Waals surface area contributed by atoms with Crippen LogP contribution in [0.3, 0.4) is 0 Å². The van der Waals surface area contributed by atoms with Crippen LogP contribution < -0.4 is 5.56 Å². The highest BCUT2D eigenvalue weighted by Crippen LogP contribution is 2.20. The fourth-order valence-electron chi connectivity index (χ4n) is 2.71. The van der Waals surface area contributed by atoms with Gasteiger partial charge >= 0.3 is 0 Å². The van der Waals surface area contributed by atoms with E-state index in [2.05, 4.69) is 17.1 Å². The van der Waals surface area contributed by atoms with Crippen LogP contribution in [0.1, 0.15) is 21.5 Å². The first kappa shape index (κ1) is 14.5. The molecule has 1 atom stereocenters. The maximum Gasteiger partial charge on any atom is 0.253 e. The molecule has 0 fully saturated rings. The van der Waals surface area contributed by atoms with E-state index in [1.54, 1.807) is 18.0 Å². The molecule has 5 nitrogen and oxygen atoms in total. The van der Waals surface area contributed by atoms with E-state index in [0.717, 1.165) is 6.42 Å². The van der Waals surface area contributed by atoms with Crippen LogP contribution >= 0.6 is 0 Å². The number of hydrogen-bond donors (Lipinski definition) is 1. The number of aromatic nitrogens is 1. The van der Waals surface area contributed by atoms with E-state index in [4.69, 9.17) is 4.74 Å². The summed E-state index contributed by atoms with van der Waals surface area (Å²) in [7, 11) is 1.73. The van der Waals surface area contributed by atoms with Crippen molar-refractivity contribution in [1.29, 1.82) is 0 Å². The number of benzene rings is 1. The van der Waals surface area contributed by atoms with E-state index in [1.165, 1.54) is 23.4 Å². The number of carbonyl (C=O) groups excluding carboxylic acids is 1. The molecule has 1 aromatic carbocycles. The Balaban J connectivity index is 1.66. The lowest BCUT2D eigenvalue weighted by Crippen LogP contribution is -2.38. The highest BCUT2D eigenvalue weighted by Gasteiger charge is 2.22. The van der Waals surface area contributed by atoms with Crippen molar-refractivity contribution in [2.75, 3.05) is 13.6 Å². The molecular formula is C17H18N2O3. The Bertz CT molecular complexity index is 738. The first-order valence-electron chi connectivity index (χ1n) is 7.26. The van der Waals surface area contributed by atoms with Crippen LogP contribution in [0.25, 0.3) is 0 Å². The van der Waals surface area contributed by atoms with Gasteiger partial charge in [0.1, 0.15) is 0 Å². The summed E-state index contributed by atoms with van der Waals surface area (Å²) >= 11 is 0. The van der Waals surface area contributed by atoms with Crippen LogP contribution in [0.5, 0.6) is 0 Å². The van der Waals surface area contributed by atoms with Gasteiger partial charge in [-0.15, -0.1) is 0 Å². The molecule has 3 rings (SSSR count). The molecule has 0 radical (unpaired) electrons. The molecule has 1 N–H and O–H groups in total. The minimum Gasteiger partial charge on any atom is -0.371 e. The topological polar surface area (TPSA) is 62.4 Å². The Labute approximate surface area is 128 Å². The van der Waals surface area contributed by atoms with Gasteiger partial charge in [0.2, 0.25) is 5.56 Å². The maximum absolute atomic E-state index is 12.3. The van der Waals surface area contributed by atoms with Crippen molar-refractivity contribution >= 4 is 5.91 Å². The van der Waals surface area contributed by atoms with Gasteiger partial charge < -0.3 is 14.6 Å². The Morgan fingerprint density at radius 3 is 2.86 bits per heavy atom. The first-order valence-corrected chi connectivity index (χ1v) is 7.26. The SMILES string of the molecule is CN(CC1Cc2ccccc2CO1)C(=O)c1cc[nH]c(=O)c1. The Hall–Kier alpha value is -2.40. The van der Waals surface area contributed by atoms with Crippen LogP contribution in [-0.2, 0) is 17.8 Å². The van der Waals surface area contributed by atoms with Gasteiger partial charge in [-0.1, -0.05) is 24.3 Å². The molecule has 0 bridgehead atoms. The average Bonchev–Trinajstić information content (AvgIpc) is 2.54. The molecular weight excluding hydrogens is 280 g/mol. The number of rotatable bonds is 3. The van der Waals surface area contributed by atoms with Crippen LogP contribution in [-0.4, -0.2) is 35.5 Å². The summed E-state index contributed by atoms with van der Waals surface area (Å²) in [6.45, 7) is 1.08. The summed E-state index contributed by atoms with van der Waals surface area (Å²) in [6, 6.07) is 11.1. The average molecular weight is 298 g/mol. The van der Waals surface area contributed by atoms with E-state index < -0.39 is 0 Å². The van der Waals surface area contributed by atoms with Crippen molar-refractivity contribution in [3.05, 3.63) is 69.6 Å². The Morgan fingerprint density at radius 2 is 2.09 bits per heavy atom. The van der Waals surface area contributed by atoms with Crippen molar-refractivity contribution in [3.8, 4) is 0 Å². The minimum absolute atomic E-state index is 0.0224. The van der Waals surface area contributed by atoms with Crippen molar-refractivity contribution in [2.45, 2.75) is 19.1 Å². The second-order valence-electron chi connectivity index (χ2n) is 5.53. The van der Waals surface area contributed by atoms with Gasteiger partial charge in [0.05, 0.1) is 12.7 Å². The molecule has 2 aromatic rings. The van der Waals surface area contributed by atoms with Gasteiger partial charge in [0.15, 0.2) is 0 Å². The van der Waals surface area contributed by atoms with Crippen LogP contribution in [0.15, 0.2) is 47.4 Å². The standard InChI is InChI=1S/C17H18N2O3/c1-19(17(21)13-6-7-18-16(20)9-13)10-15-8-12-4-2-3-5-14(12)11-22-15/h2-7,9,15H,8,10-11H2,1H3,(H,18,20). The molecule has 1 aliphatic heterocycles. The summed E-state index contributed by atoms with van der Waals surface area (Å²) in [5.74, 6) is -0.173. The smallest absolute Gasteiger partial charge is 0.253 e. The second-order valence-corrected chi connectivity index (χ2v) is 5.53. The molecule has 0 aliphatic carbocycles. The lowest BCUT2D eigenvalue weighted by Gasteiger charge is -2.29. The van der Waals surface area contributed by atoms with E-state index >= 15 is 0 Å². The number of pyridine rings is 1. The number of nitrogens with zero attached hydrogens (tertiary/aromatic N) is 1. The van der Waals surface area contributed by atoms with Gasteiger partial charge in [-0.05, 0) is 17.2 Å². The molecule has 0 saturated carbocycles. The Morgan fingerprint density at radius 1 is 1.32 bits per heavy atom. The number of fused-ring (bicyclic) bond motifs is 1. The number of likely N-dealkylation sites (N-methyl/N-ethyl adjacent to an activating group) is 1. The number of hydrogen-bond acceptors (Lipinski definition) is 3. The first-order chi connectivity index (χ1) is 10.6. The van der Waals surface area contributed by atoms with Gasteiger partial charge in [-0.3, -0.25) is 9.59 Å². The predicted octanol–water partition coefficient (Wildman–Crippen LogP) is 1.59. The third-order valence-corrected chi connectivity index (χ3v) is 3.89. The molecule has 0 saturated heterocycles. The fraction of sp³-hybridized carbons (Fsp3) is 0.294. The zero-order valence-corrected chi connectivity index (χ0v) is 12.4. The summed E-state index contributed by atoms with van der Waals surface area (Å²) in [5, 5.41) is 0. The van der Waals surface area contributed by atoms with Crippen molar-refractivity contribution in [1.82, 2.24) is 9.88 Å². The quantitative estimate of drug-likeness (QED) is 0.936. The molecule has 114 valence electrons. The normalized spacial score (nSPS) is 16.9. The summed E-state index contributed by atoms with van der Waals surface area (Å²) < 4.78 is 5.82. The molecule has 5 heteroatoms. The Kier molecular flexibility index (Phi) is 4.06. The van der Waals surface area contributed by atoms with E-state index in [1.807, 2.05) is 12.1 Å². The summed E-state index contributed by atoms with van der Waals surface area (Å²) in [5.41, 5.74) is 2.60. The number of amides is 1. The highest BCUT2D eigenvalue weighted by atomic mass is 16.5.